The lowest BCUT2D eigenvalue weighted by Gasteiger charge is -2.24. The SMILES string of the molecule is O=C(O)c1cnc2ccc(C3CCC3)nn12. The van der Waals surface area contributed by atoms with Gasteiger partial charge in [0.05, 0.1) is 11.9 Å². The Hall–Kier alpha value is -1.91. The van der Waals surface area contributed by atoms with Crippen molar-refractivity contribution in [1.29, 1.82) is 0 Å². The van der Waals surface area contributed by atoms with Crippen LogP contribution in [0.25, 0.3) is 5.65 Å². The quantitative estimate of drug-likeness (QED) is 0.831. The lowest BCUT2D eigenvalue weighted by molar-refractivity contribution is 0.0688. The molecule has 0 spiro atoms. The Bertz CT molecular complexity index is 557. The van der Waals surface area contributed by atoms with Crippen LogP contribution in [-0.2, 0) is 0 Å². The Morgan fingerprint density at radius 2 is 2.25 bits per heavy atom. The summed E-state index contributed by atoms with van der Waals surface area (Å²) in [4.78, 5) is 14.9. The number of hydrogen-bond donors (Lipinski definition) is 1. The van der Waals surface area contributed by atoms with Crippen LogP contribution in [0.3, 0.4) is 0 Å². The van der Waals surface area contributed by atoms with E-state index in [4.69, 9.17) is 5.11 Å². The van der Waals surface area contributed by atoms with E-state index >= 15 is 0 Å². The van der Waals surface area contributed by atoms with Gasteiger partial charge in [-0.2, -0.15) is 5.10 Å². The molecule has 2 heterocycles. The second-order valence-corrected chi connectivity index (χ2v) is 4.10. The normalized spacial score (nSPS) is 16.2. The Kier molecular flexibility index (Phi) is 1.92. The molecule has 1 N–H and O–H groups in total. The van der Waals surface area contributed by atoms with E-state index < -0.39 is 5.97 Å². The van der Waals surface area contributed by atoms with Crippen molar-refractivity contribution in [3.63, 3.8) is 0 Å². The van der Waals surface area contributed by atoms with Gasteiger partial charge in [0.2, 0.25) is 0 Å². The first-order chi connectivity index (χ1) is 7.75. The summed E-state index contributed by atoms with van der Waals surface area (Å²) in [6.07, 6.45) is 4.88. The maximum absolute atomic E-state index is 10.9. The number of aromatic carboxylic acids is 1. The Morgan fingerprint density at radius 3 is 2.88 bits per heavy atom. The first-order valence-corrected chi connectivity index (χ1v) is 5.33. The minimum atomic E-state index is -0.995. The molecular weight excluding hydrogens is 206 g/mol. The van der Waals surface area contributed by atoms with Crippen LogP contribution in [0.1, 0.15) is 41.4 Å². The van der Waals surface area contributed by atoms with Gasteiger partial charge in [-0.1, -0.05) is 6.42 Å². The third kappa shape index (κ3) is 1.28. The van der Waals surface area contributed by atoms with Gasteiger partial charge in [-0.15, -0.1) is 0 Å². The predicted molar refractivity (Wildman–Crippen MR) is 56.5 cm³/mol. The number of hydrogen-bond acceptors (Lipinski definition) is 3. The minimum absolute atomic E-state index is 0.121. The lowest BCUT2D eigenvalue weighted by atomic mass is 9.83. The Labute approximate surface area is 91.7 Å². The molecule has 0 saturated heterocycles. The summed E-state index contributed by atoms with van der Waals surface area (Å²) < 4.78 is 1.41. The van der Waals surface area contributed by atoms with Gasteiger partial charge in [0.1, 0.15) is 0 Å². The highest BCUT2D eigenvalue weighted by atomic mass is 16.4. The van der Waals surface area contributed by atoms with Gasteiger partial charge < -0.3 is 5.11 Å². The lowest BCUT2D eigenvalue weighted by Crippen LogP contribution is -2.13. The molecule has 0 atom stereocenters. The fourth-order valence-corrected chi connectivity index (χ4v) is 1.96. The van der Waals surface area contributed by atoms with Gasteiger partial charge >= 0.3 is 5.97 Å². The van der Waals surface area contributed by atoms with Crippen LogP contribution < -0.4 is 0 Å². The highest BCUT2D eigenvalue weighted by Gasteiger charge is 2.22. The fraction of sp³-hybridized carbons (Fsp3) is 0.364. The fourth-order valence-electron chi connectivity index (χ4n) is 1.96. The van der Waals surface area contributed by atoms with Crippen molar-refractivity contribution in [2.24, 2.45) is 0 Å². The molecule has 0 aromatic carbocycles. The molecule has 1 aliphatic carbocycles. The molecule has 0 radical (unpaired) electrons. The van der Waals surface area contributed by atoms with E-state index in [9.17, 15) is 4.79 Å². The maximum Gasteiger partial charge on any atom is 0.356 e. The zero-order valence-electron chi connectivity index (χ0n) is 8.63. The molecule has 16 heavy (non-hydrogen) atoms. The smallest absolute Gasteiger partial charge is 0.356 e. The second-order valence-electron chi connectivity index (χ2n) is 4.10. The summed E-state index contributed by atoms with van der Waals surface area (Å²) in [6, 6.07) is 3.77. The van der Waals surface area contributed by atoms with Crippen molar-refractivity contribution in [2.75, 3.05) is 0 Å². The van der Waals surface area contributed by atoms with Crippen LogP contribution >= 0.6 is 0 Å². The van der Waals surface area contributed by atoms with Gasteiger partial charge in [0, 0.05) is 5.92 Å². The summed E-state index contributed by atoms with van der Waals surface area (Å²) >= 11 is 0. The molecule has 0 unspecified atom stereocenters. The number of imidazole rings is 1. The second kappa shape index (κ2) is 3.30. The summed E-state index contributed by atoms with van der Waals surface area (Å²) in [6.45, 7) is 0. The number of carbonyl (C=O) groups is 1. The van der Waals surface area contributed by atoms with Crippen LogP contribution in [0.4, 0.5) is 0 Å². The van der Waals surface area contributed by atoms with Crippen LogP contribution in [-0.4, -0.2) is 25.7 Å². The molecule has 3 rings (SSSR count). The van der Waals surface area contributed by atoms with E-state index in [1.165, 1.54) is 17.1 Å². The van der Waals surface area contributed by atoms with Crippen molar-refractivity contribution in [3.8, 4) is 0 Å². The van der Waals surface area contributed by atoms with Crippen molar-refractivity contribution in [1.82, 2.24) is 14.6 Å². The average molecular weight is 217 g/mol. The summed E-state index contributed by atoms with van der Waals surface area (Å²) in [5.74, 6) is -0.501. The Morgan fingerprint density at radius 1 is 1.44 bits per heavy atom. The Balaban J connectivity index is 2.13. The zero-order valence-corrected chi connectivity index (χ0v) is 8.63. The van der Waals surface area contributed by atoms with E-state index in [-0.39, 0.29) is 5.69 Å². The molecular formula is C11H11N3O2. The molecule has 0 aliphatic heterocycles. The molecule has 1 aliphatic rings. The number of aromatic nitrogens is 3. The van der Waals surface area contributed by atoms with E-state index in [0.717, 1.165) is 18.5 Å². The van der Waals surface area contributed by atoms with E-state index in [1.54, 1.807) is 0 Å². The van der Waals surface area contributed by atoms with Crippen LogP contribution in [0.2, 0.25) is 0 Å². The van der Waals surface area contributed by atoms with Gasteiger partial charge in [0.15, 0.2) is 11.3 Å². The standard InChI is InChI=1S/C11H11N3O2/c15-11(16)9-6-12-10-5-4-8(13-14(9)10)7-2-1-3-7/h4-7H,1-3H2,(H,15,16). The molecule has 1 fully saturated rings. The zero-order chi connectivity index (χ0) is 11.1. The van der Waals surface area contributed by atoms with E-state index in [0.29, 0.717) is 11.6 Å². The largest absolute Gasteiger partial charge is 0.476 e. The highest BCUT2D eigenvalue weighted by Crippen LogP contribution is 2.35. The number of rotatable bonds is 2. The number of nitrogens with zero attached hydrogens (tertiary/aromatic N) is 3. The monoisotopic (exact) mass is 217 g/mol. The molecule has 2 aromatic heterocycles. The van der Waals surface area contributed by atoms with Crippen LogP contribution in [0.5, 0.6) is 0 Å². The predicted octanol–water partition coefficient (Wildman–Crippen LogP) is 1.69. The third-order valence-electron chi connectivity index (χ3n) is 3.13. The first kappa shape index (κ1) is 9.33. The van der Waals surface area contributed by atoms with Gasteiger partial charge in [-0.3, -0.25) is 0 Å². The summed E-state index contributed by atoms with van der Waals surface area (Å²) in [7, 11) is 0. The first-order valence-electron chi connectivity index (χ1n) is 5.33. The molecule has 0 amide bonds. The van der Waals surface area contributed by atoms with E-state index in [2.05, 4.69) is 10.1 Å². The number of carboxylic acid groups (broad SMARTS) is 1. The topological polar surface area (TPSA) is 67.5 Å². The summed E-state index contributed by atoms with van der Waals surface area (Å²) in [5, 5.41) is 13.3. The minimum Gasteiger partial charge on any atom is -0.476 e. The van der Waals surface area contributed by atoms with Gasteiger partial charge in [0.25, 0.3) is 0 Å². The third-order valence-corrected chi connectivity index (χ3v) is 3.13. The van der Waals surface area contributed by atoms with Crippen molar-refractivity contribution in [2.45, 2.75) is 25.2 Å². The van der Waals surface area contributed by atoms with Crippen molar-refractivity contribution >= 4 is 11.6 Å². The average Bonchev–Trinajstić information content (AvgIpc) is 2.57. The van der Waals surface area contributed by atoms with E-state index in [1.807, 2.05) is 12.1 Å². The highest BCUT2D eigenvalue weighted by molar-refractivity contribution is 5.86. The summed E-state index contributed by atoms with van der Waals surface area (Å²) in [5.41, 5.74) is 1.68. The number of fused-ring (bicyclic) bond motifs is 1. The van der Waals surface area contributed by atoms with Crippen LogP contribution in [0, 0.1) is 0 Å². The van der Waals surface area contributed by atoms with Crippen molar-refractivity contribution in [3.05, 3.63) is 29.7 Å². The van der Waals surface area contributed by atoms with Gasteiger partial charge in [-0.05, 0) is 25.0 Å². The van der Waals surface area contributed by atoms with Gasteiger partial charge in [-0.25, -0.2) is 14.3 Å². The maximum atomic E-state index is 10.9. The van der Waals surface area contributed by atoms with Crippen molar-refractivity contribution < 1.29 is 9.90 Å². The molecule has 5 nitrogen and oxygen atoms in total. The van der Waals surface area contributed by atoms with Crippen LogP contribution in [0.15, 0.2) is 18.3 Å². The molecule has 0 bridgehead atoms. The number of carboxylic acids is 1. The molecule has 82 valence electrons. The molecule has 1 saturated carbocycles. The molecule has 2 aromatic rings. The molecule has 5 heteroatoms.